The molecule has 0 atom stereocenters. The first kappa shape index (κ1) is 14.8. The van der Waals surface area contributed by atoms with Crippen molar-refractivity contribution in [2.75, 3.05) is 19.0 Å². The van der Waals surface area contributed by atoms with Gasteiger partial charge in [-0.25, -0.2) is 14.8 Å². The quantitative estimate of drug-likeness (QED) is 0.852. The molecule has 110 valence electrons. The molecule has 6 nitrogen and oxygen atoms in total. The smallest absolute Gasteiger partial charge is 0.341 e. The predicted octanol–water partition coefficient (Wildman–Crippen LogP) is 2.71. The molecule has 0 bridgehead atoms. The van der Waals surface area contributed by atoms with Gasteiger partial charge in [-0.3, -0.25) is 0 Å². The van der Waals surface area contributed by atoms with E-state index >= 15 is 0 Å². The third-order valence-corrected chi connectivity index (χ3v) is 2.83. The molecule has 0 amide bonds. The van der Waals surface area contributed by atoms with Crippen LogP contribution in [0.1, 0.15) is 23.0 Å². The van der Waals surface area contributed by atoms with Gasteiger partial charge in [-0.05, 0) is 26.0 Å². The zero-order chi connectivity index (χ0) is 15.2. The number of benzene rings is 1. The summed E-state index contributed by atoms with van der Waals surface area (Å²) in [5, 5.41) is 3.06. The fourth-order valence-corrected chi connectivity index (χ4v) is 1.80. The van der Waals surface area contributed by atoms with Crippen molar-refractivity contribution in [3.8, 4) is 5.75 Å². The van der Waals surface area contributed by atoms with E-state index in [2.05, 4.69) is 15.3 Å². The van der Waals surface area contributed by atoms with Gasteiger partial charge in [0.05, 0.1) is 30.7 Å². The largest absolute Gasteiger partial charge is 0.495 e. The Bertz CT molecular complexity index is 644. The highest BCUT2D eigenvalue weighted by Crippen LogP contribution is 2.25. The summed E-state index contributed by atoms with van der Waals surface area (Å²) in [5.74, 6) is 0.664. The van der Waals surface area contributed by atoms with Crippen molar-refractivity contribution in [3.05, 3.63) is 41.7 Å². The van der Waals surface area contributed by atoms with Gasteiger partial charge in [-0.2, -0.15) is 0 Å². The monoisotopic (exact) mass is 287 g/mol. The van der Waals surface area contributed by atoms with E-state index in [0.717, 1.165) is 5.69 Å². The number of carbonyl (C=O) groups excluding carboxylic acids is 1. The average Bonchev–Trinajstić information content (AvgIpc) is 2.48. The number of hydrogen-bond donors (Lipinski definition) is 1. The number of aromatic nitrogens is 2. The summed E-state index contributed by atoms with van der Waals surface area (Å²) in [6.45, 7) is 3.81. The van der Waals surface area contributed by atoms with Crippen LogP contribution in [0.4, 0.5) is 11.6 Å². The molecule has 0 unspecified atom stereocenters. The molecule has 1 aromatic carbocycles. The molecule has 2 aromatic rings. The van der Waals surface area contributed by atoms with E-state index in [0.29, 0.717) is 29.6 Å². The lowest BCUT2D eigenvalue weighted by atomic mass is 10.2. The van der Waals surface area contributed by atoms with Gasteiger partial charge in [0.2, 0.25) is 5.95 Å². The summed E-state index contributed by atoms with van der Waals surface area (Å²) < 4.78 is 10.2. The first-order valence-electron chi connectivity index (χ1n) is 6.56. The minimum absolute atomic E-state index is 0.319. The molecule has 1 heterocycles. The second-order valence-electron chi connectivity index (χ2n) is 4.24. The number of ether oxygens (including phenoxy) is 2. The standard InChI is InChI=1S/C15H17N3O3/c1-4-21-14(19)11-9-16-15(17-10(11)2)18-12-7-5-6-8-13(12)20-3/h5-9H,4H2,1-3H3,(H,16,17,18). The molecule has 0 spiro atoms. The number of anilines is 2. The lowest BCUT2D eigenvalue weighted by Gasteiger charge is -2.11. The van der Waals surface area contributed by atoms with E-state index in [9.17, 15) is 4.79 Å². The molecule has 0 radical (unpaired) electrons. The molecule has 0 saturated carbocycles. The Hall–Kier alpha value is -2.63. The molecule has 1 N–H and O–H groups in total. The van der Waals surface area contributed by atoms with Crippen LogP contribution in [-0.4, -0.2) is 29.7 Å². The molecule has 0 fully saturated rings. The number of rotatable bonds is 5. The summed E-state index contributed by atoms with van der Waals surface area (Å²) in [5.41, 5.74) is 1.67. The van der Waals surface area contributed by atoms with Crippen LogP contribution in [0.3, 0.4) is 0 Å². The summed E-state index contributed by atoms with van der Waals surface area (Å²) in [7, 11) is 1.59. The topological polar surface area (TPSA) is 73.3 Å². The Labute approximate surface area is 123 Å². The molecule has 1 aromatic heterocycles. The molecule has 6 heteroatoms. The third-order valence-electron chi connectivity index (χ3n) is 2.83. The second kappa shape index (κ2) is 6.69. The Morgan fingerprint density at radius 1 is 1.33 bits per heavy atom. The zero-order valence-electron chi connectivity index (χ0n) is 12.2. The highest BCUT2D eigenvalue weighted by Gasteiger charge is 2.13. The highest BCUT2D eigenvalue weighted by atomic mass is 16.5. The number of carbonyl (C=O) groups is 1. The van der Waals surface area contributed by atoms with E-state index in [-0.39, 0.29) is 0 Å². The molecule has 0 aliphatic carbocycles. The molecular formula is C15H17N3O3. The summed E-state index contributed by atoms with van der Waals surface area (Å²) >= 11 is 0. The Morgan fingerprint density at radius 3 is 2.76 bits per heavy atom. The van der Waals surface area contributed by atoms with Gasteiger partial charge in [-0.15, -0.1) is 0 Å². The van der Waals surface area contributed by atoms with Gasteiger partial charge in [-0.1, -0.05) is 12.1 Å². The minimum atomic E-state index is -0.418. The number of para-hydroxylation sites is 2. The Morgan fingerprint density at radius 2 is 2.10 bits per heavy atom. The molecular weight excluding hydrogens is 270 g/mol. The fourth-order valence-electron chi connectivity index (χ4n) is 1.80. The van der Waals surface area contributed by atoms with E-state index < -0.39 is 5.97 Å². The molecule has 2 rings (SSSR count). The van der Waals surface area contributed by atoms with Gasteiger partial charge < -0.3 is 14.8 Å². The minimum Gasteiger partial charge on any atom is -0.495 e. The van der Waals surface area contributed by atoms with E-state index in [1.807, 2.05) is 24.3 Å². The number of hydrogen-bond acceptors (Lipinski definition) is 6. The molecule has 0 saturated heterocycles. The van der Waals surface area contributed by atoms with Gasteiger partial charge in [0.25, 0.3) is 0 Å². The van der Waals surface area contributed by atoms with Crippen molar-refractivity contribution in [1.82, 2.24) is 9.97 Å². The first-order valence-corrected chi connectivity index (χ1v) is 6.56. The van der Waals surface area contributed by atoms with Crippen LogP contribution in [0.25, 0.3) is 0 Å². The van der Waals surface area contributed by atoms with Crippen molar-refractivity contribution in [3.63, 3.8) is 0 Å². The van der Waals surface area contributed by atoms with E-state index in [4.69, 9.17) is 9.47 Å². The number of esters is 1. The van der Waals surface area contributed by atoms with Crippen LogP contribution in [-0.2, 0) is 4.74 Å². The molecule has 0 aliphatic heterocycles. The molecule has 0 aliphatic rings. The number of methoxy groups -OCH3 is 1. The van der Waals surface area contributed by atoms with Crippen LogP contribution in [0.15, 0.2) is 30.5 Å². The van der Waals surface area contributed by atoms with Crippen molar-refractivity contribution >= 4 is 17.6 Å². The maximum absolute atomic E-state index is 11.7. The van der Waals surface area contributed by atoms with Gasteiger partial charge >= 0.3 is 5.97 Å². The second-order valence-corrected chi connectivity index (χ2v) is 4.24. The van der Waals surface area contributed by atoms with Crippen LogP contribution in [0, 0.1) is 6.92 Å². The number of aryl methyl sites for hydroxylation is 1. The van der Waals surface area contributed by atoms with Crippen molar-refractivity contribution in [2.45, 2.75) is 13.8 Å². The fraction of sp³-hybridized carbons (Fsp3) is 0.267. The van der Waals surface area contributed by atoms with Gasteiger partial charge in [0.1, 0.15) is 5.75 Å². The van der Waals surface area contributed by atoms with Crippen LogP contribution in [0.2, 0.25) is 0 Å². The maximum atomic E-state index is 11.7. The van der Waals surface area contributed by atoms with Crippen molar-refractivity contribution in [2.24, 2.45) is 0 Å². The summed E-state index contributed by atoms with van der Waals surface area (Å²) in [4.78, 5) is 20.1. The maximum Gasteiger partial charge on any atom is 0.341 e. The number of nitrogens with zero attached hydrogens (tertiary/aromatic N) is 2. The highest BCUT2D eigenvalue weighted by molar-refractivity contribution is 5.90. The van der Waals surface area contributed by atoms with Crippen LogP contribution >= 0.6 is 0 Å². The average molecular weight is 287 g/mol. The SMILES string of the molecule is CCOC(=O)c1cnc(Nc2ccccc2OC)nc1C. The lowest BCUT2D eigenvalue weighted by molar-refractivity contribution is 0.0524. The summed E-state index contributed by atoms with van der Waals surface area (Å²) in [6.07, 6.45) is 1.46. The summed E-state index contributed by atoms with van der Waals surface area (Å²) in [6, 6.07) is 7.45. The van der Waals surface area contributed by atoms with Gasteiger partial charge in [0.15, 0.2) is 0 Å². The van der Waals surface area contributed by atoms with Crippen molar-refractivity contribution < 1.29 is 14.3 Å². The van der Waals surface area contributed by atoms with Crippen LogP contribution in [0.5, 0.6) is 5.75 Å². The first-order chi connectivity index (χ1) is 10.2. The van der Waals surface area contributed by atoms with E-state index in [1.54, 1.807) is 21.0 Å². The Kier molecular flexibility index (Phi) is 4.71. The predicted molar refractivity (Wildman–Crippen MR) is 79.0 cm³/mol. The number of nitrogens with one attached hydrogen (secondary N) is 1. The van der Waals surface area contributed by atoms with E-state index in [1.165, 1.54) is 6.20 Å². The Balaban J connectivity index is 2.22. The van der Waals surface area contributed by atoms with Gasteiger partial charge in [0, 0.05) is 6.20 Å². The zero-order valence-corrected chi connectivity index (χ0v) is 12.2. The van der Waals surface area contributed by atoms with Crippen LogP contribution < -0.4 is 10.1 Å². The third kappa shape index (κ3) is 3.47. The normalized spacial score (nSPS) is 10.0. The van der Waals surface area contributed by atoms with Crippen molar-refractivity contribution in [1.29, 1.82) is 0 Å². The lowest BCUT2D eigenvalue weighted by Crippen LogP contribution is -2.10. The molecule has 21 heavy (non-hydrogen) atoms.